The van der Waals surface area contributed by atoms with Crippen molar-refractivity contribution in [3.63, 3.8) is 0 Å². The van der Waals surface area contributed by atoms with Crippen LogP contribution in [-0.2, 0) is 30.7 Å². The second-order valence-electron chi connectivity index (χ2n) is 5.69. The van der Waals surface area contributed by atoms with Crippen molar-refractivity contribution in [3.8, 4) is 11.1 Å². The van der Waals surface area contributed by atoms with Crippen LogP contribution in [0.1, 0.15) is 31.4 Å². The Balaban J connectivity index is 0.00000144. The van der Waals surface area contributed by atoms with Gasteiger partial charge in [-0.05, 0) is 0 Å². The minimum Gasteiger partial charge on any atom is -0.147 e. The van der Waals surface area contributed by atoms with Crippen LogP contribution in [0.2, 0.25) is 0 Å². The summed E-state index contributed by atoms with van der Waals surface area (Å²) in [5.41, 5.74) is 9.40. The molecule has 0 atom stereocenters. The van der Waals surface area contributed by atoms with Gasteiger partial charge in [0.2, 0.25) is 0 Å². The van der Waals surface area contributed by atoms with Gasteiger partial charge in [0, 0.05) is 0 Å². The van der Waals surface area contributed by atoms with Crippen LogP contribution in [0.15, 0.2) is 65.8 Å². The summed E-state index contributed by atoms with van der Waals surface area (Å²) in [5.74, 6) is 0. The Hall–Kier alpha value is -0.826. The van der Waals surface area contributed by atoms with Crippen molar-refractivity contribution in [2.45, 2.75) is 26.9 Å². The van der Waals surface area contributed by atoms with Crippen molar-refractivity contribution in [1.29, 1.82) is 0 Å². The van der Waals surface area contributed by atoms with Gasteiger partial charge < -0.3 is 0 Å². The third kappa shape index (κ3) is 4.22. The molecule has 0 heterocycles. The molecule has 0 radical (unpaired) electrons. The van der Waals surface area contributed by atoms with Gasteiger partial charge in [0.15, 0.2) is 0 Å². The third-order valence-electron chi connectivity index (χ3n) is 4.44. The molecule has 0 aromatic heterocycles. The molecule has 0 unspecified atom stereocenters. The molecule has 1 aliphatic rings. The Morgan fingerprint density at radius 2 is 1.46 bits per heavy atom. The molecule has 0 spiro atoms. The van der Waals surface area contributed by atoms with Crippen LogP contribution in [0.5, 0.6) is 0 Å². The zero-order chi connectivity index (χ0) is 15.5. The van der Waals surface area contributed by atoms with E-state index in [0.717, 1.165) is 6.42 Å². The van der Waals surface area contributed by atoms with Crippen molar-refractivity contribution in [2.75, 3.05) is 0 Å². The first-order valence-corrected chi connectivity index (χ1v) is 8.19. The van der Waals surface area contributed by atoms with Crippen molar-refractivity contribution in [1.82, 2.24) is 0 Å². The zero-order valence-corrected chi connectivity index (χ0v) is 17.0. The first-order chi connectivity index (χ1) is 10.7. The monoisotopic (exact) mass is 395 g/mol. The number of hydrogen-bond donors (Lipinski definition) is 0. The van der Waals surface area contributed by atoms with E-state index in [2.05, 4.69) is 68.5 Å². The van der Waals surface area contributed by atoms with Crippen molar-refractivity contribution in [2.24, 2.45) is 0 Å². The molecule has 2 aromatic carbocycles. The molecule has 0 N–H and O–H groups in total. The van der Waals surface area contributed by atoms with Gasteiger partial charge >= 0.3 is 145 Å². The van der Waals surface area contributed by atoms with Gasteiger partial charge in [-0.15, -0.1) is 24.8 Å². The van der Waals surface area contributed by atoms with Crippen molar-refractivity contribution in [3.05, 3.63) is 76.9 Å². The van der Waals surface area contributed by atoms with E-state index in [4.69, 9.17) is 3.32 Å². The van der Waals surface area contributed by atoms with Crippen LogP contribution in [-0.4, -0.2) is 0 Å². The van der Waals surface area contributed by atoms with E-state index >= 15 is 0 Å². The number of allylic oxidation sites excluding steroid dienone is 4. The number of benzene rings is 2. The van der Waals surface area contributed by atoms with Crippen LogP contribution in [0.25, 0.3) is 16.7 Å². The molecule has 3 rings (SSSR count). The predicted octanol–water partition coefficient (Wildman–Crippen LogP) is 6.30. The van der Waals surface area contributed by atoms with Gasteiger partial charge in [-0.2, -0.15) is 0 Å². The van der Waals surface area contributed by atoms with Crippen LogP contribution in [0, 0.1) is 0 Å². The van der Waals surface area contributed by atoms with E-state index < -0.39 is 0 Å². The van der Waals surface area contributed by atoms with Crippen LogP contribution < -0.4 is 0 Å². The van der Waals surface area contributed by atoms with Crippen molar-refractivity contribution >= 4 is 30.4 Å². The maximum Gasteiger partial charge on any atom is -0.147 e. The first-order valence-electron chi connectivity index (χ1n) is 7.55. The Kier molecular flexibility index (Phi) is 8.49. The summed E-state index contributed by atoms with van der Waals surface area (Å²) < 4.78 is 5.37. The van der Waals surface area contributed by atoms with Crippen LogP contribution in [0.3, 0.4) is 0 Å². The van der Waals surface area contributed by atoms with Gasteiger partial charge in [-0.3, -0.25) is 0 Å². The zero-order valence-electron chi connectivity index (χ0n) is 13.8. The maximum atomic E-state index is 5.37. The summed E-state index contributed by atoms with van der Waals surface area (Å²) in [6.07, 6.45) is 3.35. The Morgan fingerprint density at radius 3 is 2.04 bits per heavy atom. The molecule has 0 amide bonds. The number of rotatable bonds is 4. The van der Waals surface area contributed by atoms with E-state index in [1.807, 2.05) is 0 Å². The maximum absolute atomic E-state index is 5.37. The fourth-order valence-corrected chi connectivity index (χ4v) is 3.32. The van der Waals surface area contributed by atoms with Crippen LogP contribution in [0.4, 0.5) is 0 Å². The fourth-order valence-electron chi connectivity index (χ4n) is 3.08. The van der Waals surface area contributed by atoms with Gasteiger partial charge in [-0.25, -0.2) is 0 Å². The van der Waals surface area contributed by atoms with E-state index in [-0.39, 0.29) is 24.8 Å². The van der Waals surface area contributed by atoms with Crippen LogP contribution >= 0.6 is 24.8 Å². The molecule has 0 fully saturated rings. The number of halogens is 2. The second kappa shape index (κ2) is 9.60. The Bertz CT molecular complexity index is 766. The molecule has 4 heteroatoms. The summed E-state index contributed by atoms with van der Waals surface area (Å²) in [7, 11) is 0. The molecule has 0 bridgehead atoms. The Morgan fingerprint density at radius 1 is 0.875 bits per heavy atom. The molecule has 1 aliphatic carbocycles. The predicted molar refractivity (Wildman–Crippen MR) is 102 cm³/mol. The standard InChI is InChI=1S/C20H19O.2ClH.Ti/c1-14-11-12-17(15(14)2)19-9-5-6-10-20(19)18-8-4-3-7-16(18)13-21;;;/h3-11H,12-13H2,1-2H3;2*1H;/q-1;;;+1. The average molecular weight is 396 g/mol. The smallest absolute Gasteiger partial charge is 0.147 e. The van der Waals surface area contributed by atoms with Gasteiger partial charge in [0.05, 0.1) is 0 Å². The summed E-state index contributed by atoms with van der Waals surface area (Å²) in [5, 5.41) is 0. The van der Waals surface area contributed by atoms with Gasteiger partial charge in [0.1, 0.15) is 0 Å². The SMILES string of the molecule is CC1=CCC(c2ccccc2-c2ccccc2C[O][Ti])=C1C.Cl.Cl. The molecule has 24 heavy (non-hydrogen) atoms. The summed E-state index contributed by atoms with van der Waals surface area (Å²) in [6, 6.07) is 17.2. The van der Waals surface area contributed by atoms with E-state index in [1.54, 1.807) is 20.8 Å². The Labute approximate surface area is 168 Å². The summed E-state index contributed by atoms with van der Waals surface area (Å²) in [6.45, 7) is 5.07. The summed E-state index contributed by atoms with van der Waals surface area (Å²) >= 11 is 1.75. The molecular formula is C20H21Cl2OTi. The first kappa shape index (κ1) is 21.2. The molecule has 125 valence electrons. The van der Waals surface area contributed by atoms with E-state index in [0.29, 0.717) is 6.61 Å². The van der Waals surface area contributed by atoms with Gasteiger partial charge in [0.25, 0.3) is 0 Å². The topological polar surface area (TPSA) is 9.23 Å². The normalized spacial score (nSPS) is 13.1. The molecule has 2 aromatic rings. The van der Waals surface area contributed by atoms with Crippen molar-refractivity contribution < 1.29 is 24.1 Å². The molecule has 0 saturated heterocycles. The summed E-state index contributed by atoms with van der Waals surface area (Å²) in [4.78, 5) is 0. The largest absolute Gasteiger partial charge is 0.147 e. The molecule has 0 aliphatic heterocycles. The van der Waals surface area contributed by atoms with Gasteiger partial charge in [-0.1, -0.05) is 0 Å². The minimum absolute atomic E-state index is 0. The third-order valence-corrected chi connectivity index (χ3v) is 4.67. The molecule has 1 nitrogen and oxygen atoms in total. The number of hydrogen-bond acceptors (Lipinski definition) is 1. The minimum atomic E-state index is 0. The quantitative estimate of drug-likeness (QED) is 0.552. The molecular weight excluding hydrogens is 375 g/mol. The molecule has 0 saturated carbocycles. The van der Waals surface area contributed by atoms with E-state index in [9.17, 15) is 0 Å². The fraction of sp³-hybridized carbons (Fsp3) is 0.200. The van der Waals surface area contributed by atoms with E-state index in [1.165, 1.54) is 39.0 Å². The average Bonchev–Trinajstić information content (AvgIpc) is 2.88. The second-order valence-corrected chi connectivity index (χ2v) is 6.14.